The van der Waals surface area contributed by atoms with Gasteiger partial charge in [0.05, 0.1) is 5.75 Å². The molecule has 0 saturated carbocycles. The number of aliphatic carboxylic acids is 1. The molecule has 7 heteroatoms. The highest BCUT2D eigenvalue weighted by atomic mass is 32.2. The summed E-state index contributed by atoms with van der Waals surface area (Å²) in [4.78, 5) is 11.6. The molecule has 0 amide bonds. The third-order valence-electron chi connectivity index (χ3n) is 3.18. The Morgan fingerprint density at radius 1 is 1.53 bits per heavy atom. The summed E-state index contributed by atoms with van der Waals surface area (Å²) in [5.74, 6) is -1.09. The van der Waals surface area contributed by atoms with Crippen molar-refractivity contribution in [2.75, 3.05) is 5.75 Å². The summed E-state index contributed by atoms with van der Waals surface area (Å²) >= 11 is 1.66. The van der Waals surface area contributed by atoms with Crippen molar-refractivity contribution in [2.24, 2.45) is 0 Å². The zero-order chi connectivity index (χ0) is 13.9. The second kappa shape index (κ2) is 6.02. The lowest BCUT2D eigenvalue weighted by Gasteiger charge is -2.23. The second-order valence-corrected chi connectivity index (χ2v) is 7.55. The van der Waals surface area contributed by atoms with Crippen molar-refractivity contribution in [2.45, 2.75) is 38.1 Å². The first-order valence-electron chi connectivity index (χ1n) is 6.26. The molecule has 0 fully saturated rings. The number of nitrogens with one attached hydrogen (secondary N) is 1. The molecule has 0 aliphatic heterocycles. The van der Waals surface area contributed by atoms with Crippen molar-refractivity contribution < 1.29 is 18.3 Å². The van der Waals surface area contributed by atoms with Gasteiger partial charge in [0.15, 0.2) is 0 Å². The molecular weight excluding hydrogens is 286 g/mol. The van der Waals surface area contributed by atoms with Crippen LogP contribution in [0.2, 0.25) is 0 Å². The number of carboxylic acid groups (broad SMARTS) is 1. The van der Waals surface area contributed by atoms with Gasteiger partial charge in [0.1, 0.15) is 0 Å². The second-order valence-electron chi connectivity index (χ2n) is 4.68. The van der Waals surface area contributed by atoms with Gasteiger partial charge in [0, 0.05) is 17.3 Å². The topological polar surface area (TPSA) is 83.5 Å². The summed E-state index contributed by atoms with van der Waals surface area (Å²) in [6, 6.07) is 1.83. The monoisotopic (exact) mass is 303 g/mol. The van der Waals surface area contributed by atoms with Crippen LogP contribution in [0.4, 0.5) is 0 Å². The van der Waals surface area contributed by atoms with E-state index in [1.807, 2.05) is 11.4 Å². The van der Waals surface area contributed by atoms with E-state index in [9.17, 15) is 13.2 Å². The van der Waals surface area contributed by atoms with Crippen molar-refractivity contribution in [3.63, 3.8) is 0 Å². The van der Waals surface area contributed by atoms with Gasteiger partial charge < -0.3 is 5.11 Å². The van der Waals surface area contributed by atoms with Crippen molar-refractivity contribution in [1.29, 1.82) is 0 Å². The SMILES string of the molecule is O=C(O)CCCS(=O)(=O)NC1CCCc2sccc21. The fourth-order valence-corrected chi connectivity index (χ4v) is 4.61. The van der Waals surface area contributed by atoms with Gasteiger partial charge in [-0.2, -0.15) is 0 Å². The molecule has 1 aromatic heterocycles. The highest BCUT2D eigenvalue weighted by molar-refractivity contribution is 7.89. The maximum absolute atomic E-state index is 11.9. The summed E-state index contributed by atoms with van der Waals surface area (Å²) < 4.78 is 26.5. The van der Waals surface area contributed by atoms with Gasteiger partial charge in [-0.05, 0) is 42.7 Å². The Hall–Kier alpha value is -0.920. The molecule has 2 rings (SSSR count). The molecule has 106 valence electrons. The average molecular weight is 303 g/mol. The number of fused-ring (bicyclic) bond motifs is 1. The molecular formula is C12H17NO4S2. The summed E-state index contributed by atoms with van der Waals surface area (Å²) in [6.07, 6.45) is 2.84. The molecule has 1 aliphatic rings. The van der Waals surface area contributed by atoms with Crippen LogP contribution in [-0.2, 0) is 21.2 Å². The molecule has 0 radical (unpaired) electrons. The minimum absolute atomic E-state index is 0.116. The highest BCUT2D eigenvalue weighted by Gasteiger charge is 2.25. The fraction of sp³-hybridized carbons (Fsp3) is 0.583. The van der Waals surface area contributed by atoms with Crippen molar-refractivity contribution in [3.8, 4) is 0 Å². The summed E-state index contributed by atoms with van der Waals surface area (Å²) in [5, 5.41) is 10.5. The Labute approximate surface area is 116 Å². The average Bonchev–Trinajstić information content (AvgIpc) is 2.76. The predicted octanol–water partition coefficient (Wildman–Crippen LogP) is 1.91. The van der Waals surface area contributed by atoms with Gasteiger partial charge in [0.25, 0.3) is 0 Å². The van der Waals surface area contributed by atoms with Crippen LogP contribution in [0.3, 0.4) is 0 Å². The fourth-order valence-electron chi connectivity index (χ4n) is 2.30. The molecule has 1 aromatic rings. The number of rotatable bonds is 6. The number of hydrogen-bond acceptors (Lipinski definition) is 4. The largest absolute Gasteiger partial charge is 0.481 e. The van der Waals surface area contributed by atoms with Crippen LogP contribution in [0.15, 0.2) is 11.4 Å². The van der Waals surface area contributed by atoms with E-state index < -0.39 is 16.0 Å². The van der Waals surface area contributed by atoms with Crippen molar-refractivity contribution in [3.05, 3.63) is 21.9 Å². The van der Waals surface area contributed by atoms with Gasteiger partial charge in [0.2, 0.25) is 10.0 Å². The van der Waals surface area contributed by atoms with E-state index in [0.717, 1.165) is 24.8 Å². The van der Waals surface area contributed by atoms with E-state index in [1.54, 1.807) is 11.3 Å². The number of carboxylic acids is 1. The van der Waals surface area contributed by atoms with Crippen LogP contribution in [-0.4, -0.2) is 25.2 Å². The van der Waals surface area contributed by atoms with Gasteiger partial charge in [-0.1, -0.05) is 0 Å². The zero-order valence-corrected chi connectivity index (χ0v) is 12.1. The molecule has 1 heterocycles. The Morgan fingerprint density at radius 3 is 3.05 bits per heavy atom. The number of sulfonamides is 1. The first-order chi connectivity index (χ1) is 8.98. The van der Waals surface area contributed by atoms with E-state index in [0.29, 0.717) is 0 Å². The van der Waals surface area contributed by atoms with Crippen LogP contribution in [0.25, 0.3) is 0 Å². The minimum atomic E-state index is -3.41. The third-order valence-corrected chi connectivity index (χ3v) is 5.64. The smallest absolute Gasteiger partial charge is 0.303 e. The molecule has 0 aromatic carbocycles. The predicted molar refractivity (Wildman–Crippen MR) is 73.8 cm³/mol. The van der Waals surface area contributed by atoms with E-state index in [1.165, 1.54) is 4.88 Å². The lowest BCUT2D eigenvalue weighted by Crippen LogP contribution is -2.32. The molecule has 5 nitrogen and oxygen atoms in total. The van der Waals surface area contributed by atoms with Crippen molar-refractivity contribution in [1.82, 2.24) is 4.72 Å². The molecule has 0 saturated heterocycles. The minimum Gasteiger partial charge on any atom is -0.481 e. The lowest BCUT2D eigenvalue weighted by molar-refractivity contribution is -0.137. The zero-order valence-electron chi connectivity index (χ0n) is 10.5. The maximum atomic E-state index is 11.9. The first-order valence-corrected chi connectivity index (χ1v) is 8.79. The number of hydrogen-bond donors (Lipinski definition) is 2. The molecule has 1 unspecified atom stereocenters. The molecule has 0 bridgehead atoms. The Kier molecular flexibility index (Phi) is 4.59. The van der Waals surface area contributed by atoms with Crippen molar-refractivity contribution >= 4 is 27.3 Å². The molecule has 2 N–H and O–H groups in total. The number of carbonyl (C=O) groups is 1. The summed E-state index contributed by atoms with van der Waals surface area (Å²) in [6.45, 7) is 0. The molecule has 19 heavy (non-hydrogen) atoms. The van der Waals surface area contributed by atoms with Gasteiger partial charge in [-0.25, -0.2) is 13.1 Å². The number of aryl methyl sites for hydroxylation is 1. The quantitative estimate of drug-likeness (QED) is 0.841. The van der Waals surface area contributed by atoms with Crippen LogP contribution in [0.5, 0.6) is 0 Å². The highest BCUT2D eigenvalue weighted by Crippen LogP contribution is 2.33. The van der Waals surface area contributed by atoms with Gasteiger partial charge >= 0.3 is 5.97 Å². The van der Waals surface area contributed by atoms with Gasteiger partial charge in [-0.15, -0.1) is 11.3 Å². The van der Waals surface area contributed by atoms with E-state index in [-0.39, 0.29) is 24.6 Å². The third kappa shape index (κ3) is 4.02. The molecule has 0 spiro atoms. The van der Waals surface area contributed by atoms with Crippen LogP contribution in [0, 0.1) is 0 Å². The van der Waals surface area contributed by atoms with Crippen LogP contribution in [0.1, 0.15) is 42.2 Å². The standard InChI is InChI=1S/C12H17NO4S2/c14-12(15)5-2-8-19(16,17)13-10-3-1-4-11-9(10)6-7-18-11/h6-7,10,13H,1-5,8H2,(H,14,15). The Morgan fingerprint density at radius 2 is 2.32 bits per heavy atom. The molecule has 1 aliphatic carbocycles. The Balaban J connectivity index is 1.96. The summed E-state index contributed by atoms with van der Waals surface area (Å²) in [7, 11) is -3.41. The normalized spacial score (nSPS) is 19.1. The first kappa shape index (κ1) is 14.5. The van der Waals surface area contributed by atoms with Gasteiger partial charge in [-0.3, -0.25) is 4.79 Å². The lowest BCUT2D eigenvalue weighted by atomic mass is 9.95. The van der Waals surface area contributed by atoms with Crippen LogP contribution >= 0.6 is 11.3 Å². The number of thiophene rings is 1. The van der Waals surface area contributed by atoms with Crippen LogP contribution < -0.4 is 4.72 Å². The Bertz CT molecular complexity index is 550. The van der Waals surface area contributed by atoms with E-state index in [4.69, 9.17) is 5.11 Å². The van der Waals surface area contributed by atoms with E-state index >= 15 is 0 Å². The summed E-state index contributed by atoms with van der Waals surface area (Å²) in [5.41, 5.74) is 1.08. The van der Waals surface area contributed by atoms with E-state index in [2.05, 4.69) is 4.72 Å². The maximum Gasteiger partial charge on any atom is 0.303 e. The molecule has 1 atom stereocenters.